The third-order valence-corrected chi connectivity index (χ3v) is 2.31. The van der Waals surface area contributed by atoms with Gasteiger partial charge in [-0.05, 0) is 19.1 Å². The van der Waals surface area contributed by atoms with Gasteiger partial charge < -0.3 is 11.1 Å². The Morgan fingerprint density at radius 1 is 1.33 bits per heavy atom. The Balaban J connectivity index is 2.44. The Morgan fingerprint density at radius 3 is 2.53 bits per heavy atom. The van der Waals surface area contributed by atoms with Gasteiger partial charge in [0.1, 0.15) is 6.04 Å². The third kappa shape index (κ3) is 1.41. The van der Waals surface area contributed by atoms with Crippen molar-refractivity contribution < 1.29 is 9.59 Å². The van der Waals surface area contributed by atoms with E-state index in [9.17, 15) is 9.59 Å². The first-order chi connectivity index (χ1) is 7.11. The molecule has 1 fully saturated rings. The van der Waals surface area contributed by atoms with Gasteiger partial charge in [-0.25, -0.2) is 9.69 Å². The molecule has 0 unspecified atom stereocenters. The quantitative estimate of drug-likeness (QED) is 0.523. The maximum absolute atomic E-state index is 11.7. The zero-order chi connectivity index (χ0) is 11.0. The Kier molecular flexibility index (Phi) is 2.07. The van der Waals surface area contributed by atoms with Crippen LogP contribution in [0, 0.1) is 0 Å². The number of urea groups is 1. The van der Waals surface area contributed by atoms with Gasteiger partial charge in [0.25, 0.3) is 5.91 Å². The number of carbonyl (C=O) groups excluding carboxylic acids is 2. The Bertz CT molecular complexity index is 430. The van der Waals surface area contributed by atoms with Gasteiger partial charge in [0.2, 0.25) is 0 Å². The summed E-state index contributed by atoms with van der Waals surface area (Å²) in [7, 11) is 0. The Hall–Kier alpha value is -2.04. The van der Waals surface area contributed by atoms with Crippen molar-refractivity contribution in [1.29, 1.82) is 0 Å². The number of hydrogen-bond acceptors (Lipinski definition) is 3. The van der Waals surface area contributed by atoms with Crippen LogP contribution in [-0.4, -0.2) is 18.0 Å². The highest BCUT2D eigenvalue weighted by Crippen LogP contribution is 2.25. The van der Waals surface area contributed by atoms with Crippen molar-refractivity contribution in [3.8, 4) is 0 Å². The van der Waals surface area contributed by atoms with Crippen molar-refractivity contribution in [2.45, 2.75) is 13.0 Å². The summed E-state index contributed by atoms with van der Waals surface area (Å²) in [4.78, 5) is 24.2. The molecule has 3 N–H and O–H groups in total. The van der Waals surface area contributed by atoms with Crippen LogP contribution in [0.5, 0.6) is 0 Å². The number of para-hydroxylation sites is 2. The molecule has 5 heteroatoms. The fraction of sp³-hybridized carbons (Fsp3) is 0.200. The Labute approximate surface area is 86.9 Å². The first-order valence-electron chi connectivity index (χ1n) is 4.60. The minimum absolute atomic E-state index is 0.280. The van der Waals surface area contributed by atoms with Crippen LogP contribution >= 0.6 is 0 Å². The molecule has 1 saturated heterocycles. The first kappa shape index (κ1) is 9.51. The average Bonchev–Trinajstić information content (AvgIpc) is 2.43. The minimum Gasteiger partial charge on any atom is -0.397 e. The fourth-order valence-corrected chi connectivity index (χ4v) is 1.52. The van der Waals surface area contributed by atoms with Crippen LogP contribution in [0.25, 0.3) is 0 Å². The molecular formula is C10H11N3O2. The van der Waals surface area contributed by atoms with Crippen molar-refractivity contribution in [2.24, 2.45) is 0 Å². The van der Waals surface area contributed by atoms with Crippen molar-refractivity contribution in [1.82, 2.24) is 5.32 Å². The highest BCUT2D eigenvalue weighted by Gasteiger charge is 2.36. The number of benzene rings is 1. The SMILES string of the molecule is C[C@H]1NC(=O)N(c2ccccc2N)C1=O. The lowest BCUT2D eigenvalue weighted by Crippen LogP contribution is -2.31. The van der Waals surface area contributed by atoms with Crippen LogP contribution in [0.15, 0.2) is 24.3 Å². The van der Waals surface area contributed by atoms with Gasteiger partial charge >= 0.3 is 6.03 Å². The number of anilines is 2. The number of nitrogens with zero attached hydrogens (tertiary/aromatic N) is 1. The predicted molar refractivity (Wildman–Crippen MR) is 56.3 cm³/mol. The normalized spacial score (nSPS) is 20.6. The summed E-state index contributed by atoms with van der Waals surface area (Å²) in [5.41, 5.74) is 6.54. The molecule has 2 rings (SSSR count). The number of nitrogens with one attached hydrogen (secondary N) is 1. The largest absolute Gasteiger partial charge is 0.397 e. The van der Waals surface area contributed by atoms with Gasteiger partial charge in [-0.15, -0.1) is 0 Å². The summed E-state index contributed by atoms with van der Waals surface area (Å²) in [6, 6.07) is 5.86. The smallest absolute Gasteiger partial charge is 0.329 e. The summed E-state index contributed by atoms with van der Waals surface area (Å²) in [5.74, 6) is -0.280. The molecule has 1 aromatic carbocycles. The molecule has 15 heavy (non-hydrogen) atoms. The van der Waals surface area contributed by atoms with E-state index >= 15 is 0 Å². The van der Waals surface area contributed by atoms with E-state index in [-0.39, 0.29) is 5.91 Å². The second kappa shape index (κ2) is 3.27. The van der Waals surface area contributed by atoms with Gasteiger partial charge in [0.15, 0.2) is 0 Å². The van der Waals surface area contributed by atoms with E-state index in [1.54, 1.807) is 31.2 Å². The topological polar surface area (TPSA) is 75.4 Å². The van der Waals surface area contributed by atoms with Crippen LogP contribution in [0.1, 0.15) is 6.92 Å². The van der Waals surface area contributed by atoms with Crippen LogP contribution < -0.4 is 16.0 Å². The fourth-order valence-electron chi connectivity index (χ4n) is 1.52. The number of rotatable bonds is 1. The number of nitrogen functional groups attached to an aromatic ring is 1. The summed E-state index contributed by atoms with van der Waals surface area (Å²) < 4.78 is 0. The van der Waals surface area contributed by atoms with Crippen molar-refractivity contribution in [3.05, 3.63) is 24.3 Å². The van der Waals surface area contributed by atoms with Gasteiger partial charge in [-0.1, -0.05) is 12.1 Å². The second-order valence-corrected chi connectivity index (χ2v) is 3.40. The average molecular weight is 205 g/mol. The molecule has 5 nitrogen and oxygen atoms in total. The first-order valence-corrected chi connectivity index (χ1v) is 4.60. The number of carbonyl (C=O) groups is 2. The zero-order valence-corrected chi connectivity index (χ0v) is 8.23. The molecule has 0 bridgehead atoms. The van der Waals surface area contributed by atoms with E-state index in [0.29, 0.717) is 11.4 Å². The molecular weight excluding hydrogens is 194 g/mol. The molecule has 0 aliphatic carbocycles. The van der Waals surface area contributed by atoms with E-state index in [2.05, 4.69) is 5.32 Å². The van der Waals surface area contributed by atoms with E-state index in [0.717, 1.165) is 4.90 Å². The number of hydrogen-bond donors (Lipinski definition) is 2. The van der Waals surface area contributed by atoms with Crippen LogP contribution in [-0.2, 0) is 4.79 Å². The summed E-state index contributed by atoms with van der Waals surface area (Å²) in [5, 5.41) is 2.52. The van der Waals surface area contributed by atoms with Gasteiger partial charge in [0.05, 0.1) is 11.4 Å². The zero-order valence-electron chi connectivity index (χ0n) is 8.23. The van der Waals surface area contributed by atoms with Crippen molar-refractivity contribution in [2.75, 3.05) is 10.6 Å². The summed E-state index contributed by atoms with van der Waals surface area (Å²) in [6.07, 6.45) is 0. The molecule has 1 atom stereocenters. The predicted octanol–water partition coefficient (Wildman–Crippen LogP) is 0.714. The Morgan fingerprint density at radius 2 is 2.00 bits per heavy atom. The van der Waals surface area contributed by atoms with Crippen LogP contribution in [0.3, 0.4) is 0 Å². The molecule has 1 heterocycles. The summed E-state index contributed by atoms with van der Waals surface area (Å²) >= 11 is 0. The lowest BCUT2D eigenvalue weighted by Gasteiger charge is -2.14. The second-order valence-electron chi connectivity index (χ2n) is 3.40. The maximum atomic E-state index is 11.7. The van der Waals surface area contributed by atoms with Gasteiger partial charge in [-0.2, -0.15) is 0 Å². The lowest BCUT2D eigenvalue weighted by atomic mass is 10.2. The van der Waals surface area contributed by atoms with Gasteiger partial charge in [0, 0.05) is 0 Å². The van der Waals surface area contributed by atoms with E-state index in [1.165, 1.54) is 0 Å². The number of amides is 3. The van der Waals surface area contributed by atoms with Crippen molar-refractivity contribution in [3.63, 3.8) is 0 Å². The molecule has 1 aliphatic rings. The monoisotopic (exact) mass is 205 g/mol. The van der Waals surface area contributed by atoms with Crippen molar-refractivity contribution >= 4 is 23.3 Å². The number of imide groups is 1. The minimum atomic E-state index is -0.489. The number of nitrogens with two attached hydrogens (primary N) is 1. The molecule has 0 saturated carbocycles. The molecule has 0 radical (unpaired) electrons. The van der Waals surface area contributed by atoms with E-state index in [4.69, 9.17) is 5.73 Å². The highest BCUT2D eigenvalue weighted by atomic mass is 16.2. The molecule has 78 valence electrons. The van der Waals surface area contributed by atoms with Crippen LogP contribution in [0.2, 0.25) is 0 Å². The molecule has 0 spiro atoms. The lowest BCUT2D eigenvalue weighted by molar-refractivity contribution is -0.117. The standard InChI is InChI=1S/C10H11N3O2/c1-6-9(14)13(10(15)12-6)8-5-3-2-4-7(8)11/h2-6H,11H2,1H3,(H,12,15)/t6-/m1/s1. The highest BCUT2D eigenvalue weighted by molar-refractivity contribution is 6.22. The maximum Gasteiger partial charge on any atom is 0.329 e. The van der Waals surface area contributed by atoms with Crippen LogP contribution in [0.4, 0.5) is 16.2 Å². The molecule has 1 aliphatic heterocycles. The molecule has 3 amide bonds. The summed E-state index contributed by atoms with van der Waals surface area (Å²) in [6.45, 7) is 1.64. The van der Waals surface area contributed by atoms with E-state index < -0.39 is 12.1 Å². The molecule has 0 aromatic heterocycles. The van der Waals surface area contributed by atoms with E-state index in [1.807, 2.05) is 0 Å². The molecule has 1 aromatic rings. The van der Waals surface area contributed by atoms with Gasteiger partial charge in [-0.3, -0.25) is 4.79 Å². The third-order valence-electron chi connectivity index (χ3n) is 2.31.